The molecule has 1 N–H and O–H groups in total. The Morgan fingerprint density at radius 1 is 1.11 bits per heavy atom. The number of benzene rings is 2. The first-order valence-electron chi connectivity index (χ1n) is 12.1. The largest absolute Gasteiger partial charge is 0.493 e. The van der Waals surface area contributed by atoms with Crippen molar-refractivity contribution in [3.63, 3.8) is 0 Å². The molecule has 1 aliphatic heterocycles. The van der Waals surface area contributed by atoms with Gasteiger partial charge in [0.2, 0.25) is 9.68 Å². The van der Waals surface area contributed by atoms with E-state index >= 15 is 0 Å². The number of halogens is 3. The van der Waals surface area contributed by atoms with Gasteiger partial charge in [0.15, 0.2) is 0 Å². The van der Waals surface area contributed by atoms with Crippen LogP contribution in [-0.2, 0) is 35.3 Å². The van der Waals surface area contributed by atoms with E-state index in [0.29, 0.717) is 44.1 Å². The summed E-state index contributed by atoms with van der Waals surface area (Å²) in [5.74, 6) is 1.10. The Kier molecular flexibility index (Phi) is 9.07. The highest BCUT2D eigenvalue weighted by Crippen LogP contribution is 2.33. The van der Waals surface area contributed by atoms with E-state index in [1.165, 1.54) is 4.90 Å². The van der Waals surface area contributed by atoms with Gasteiger partial charge < -0.3 is 23.9 Å². The molecule has 1 aromatic heterocycles. The number of nitrogens with zero attached hydrogens (tertiary/aromatic N) is 2. The lowest BCUT2D eigenvalue weighted by molar-refractivity contribution is -0.136. The van der Waals surface area contributed by atoms with Crippen molar-refractivity contribution < 1.29 is 28.6 Å². The Morgan fingerprint density at radius 3 is 2.58 bits per heavy atom. The maximum Gasteiger partial charge on any atom is 0.410 e. The molecule has 0 saturated carbocycles. The van der Waals surface area contributed by atoms with Crippen molar-refractivity contribution >= 4 is 46.9 Å². The van der Waals surface area contributed by atoms with E-state index in [9.17, 15) is 14.7 Å². The molecule has 0 bridgehead atoms. The number of ether oxygens (including phenoxy) is 2. The molecular weight excluding hydrogens is 555 g/mol. The number of oxazole rings is 1. The summed E-state index contributed by atoms with van der Waals surface area (Å²) in [6.07, 6.45) is 0.755. The predicted molar refractivity (Wildman–Crippen MR) is 144 cm³/mol. The van der Waals surface area contributed by atoms with Gasteiger partial charge in [0.1, 0.15) is 18.1 Å². The van der Waals surface area contributed by atoms with Crippen LogP contribution in [0.2, 0.25) is 0 Å². The number of carbonyl (C=O) groups is 2. The molecule has 0 radical (unpaired) electrons. The van der Waals surface area contributed by atoms with Crippen LogP contribution in [0, 0.1) is 6.92 Å². The van der Waals surface area contributed by atoms with E-state index in [-0.39, 0.29) is 19.6 Å². The van der Waals surface area contributed by atoms with E-state index in [0.717, 1.165) is 33.7 Å². The van der Waals surface area contributed by atoms with Gasteiger partial charge in [-0.1, -0.05) is 59.1 Å². The molecule has 0 unspecified atom stereocenters. The molecule has 1 aliphatic rings. The zero-order valence-corrected chi connectivity index (χ0v) is 23.0. The summed E-state index contributed by atoms with van der Waals surface area (Å²) in [6, 6.07) is 13.4. The average molecular weight is 582 g/mol. The highest BCUT2D eigenvalue weighted by molar-refractivity contribution is 6.67. The molecule has 3 aromatic rings. The third kappa shape index (κ3) is 7.34. The molecular formula is C27H27Cl3N2O6. The highest BCUT2D eigenvalue weighted by atomic mass is 35.6. The smallest absolute Gasteiger partial charge is 0.410 e. The van der Waals surface area contributed by atoms with Gasteiger partial charge in [-0.2, -0.15) is 0 Å². The van der Waals surface area contributed by atoms with Crippen LogP contribution in [0.5, 0.6) is 5.75 Å². The second kappa shape index (κ2) is 12.3. The molecule has 38 heavy (non-hydrogen) atoms. The Bertz CT molecular complexity index is 1290. The number of amides is 1. The number of aryl methyl sites for hydroxylation is 2. The van der Waals surface area contributed by atoms with E-state index in [1.807, 2.05) is 49.4 Å². The fraction of sp³-hybridized carbons (Fsp3) is 0.370. The van der Waals surface area contributed by atoms with Crippen molar-refractivity contribution in [2.24, 2.45) is 0 Å². The van der Waals surface area contributed by atoms with Crippen molar-refractivity contribution in [1.82, 2.24) is 9.88 Å². The van der Waals surface area contributed by atoms with E-state index in [4.69, 9.17) is 48.7 Å². The molecule has 1 amide bonds. The summed E-state index contributed by atoms with van der Waals surface area (Å²) >= 11 is 17.1. The molecule has 0 spiro atoms. The summed E-state index contributed by atoms with van der Waals surface area (Å²) in [7, 11) is 0. The molecule has 2 heterocycles. The van der Waals surface area contributed by atoms with Gasteiger partial charge in [0.25, 0.3) is 0 Å². The van der Waals surface area contributed by atoms with Gasteiger partial charge >= 0.3 is 12.1 Å². The van der Waals surface area contributed by atoms with Crippen molar-refractivity contribution in [2.75, 3.05) is 19.8 Å². The van der Waals surface area contributed by atoms with Gasteiger partial charge in [-0.3, -0.25) is 4.79 Å². The number of hydrogen-bond acceptors (Lipinski definition) is 6. The maximum absolute atomic E-state index is 12.6. The van der Waals surface area contributed by atoms with Crippen LogP contribution in [0.4, 0.5) is 4.79 Å². The lowest BCUT2D eigenvalue weighted by atomic mass is 9.92. The summed E-state index contributed by atoms with van der Waals surface area (Å²) in [5, 5.41) is 9.18. The van der Waals surface area contributed by atoms with Crippen molar-refractivity contribution in [2.45, 2.75) is 42.9 Å². The lowest BCUT2D eigenvalue weighted by Gasteiger charge is -2.31. The number of rotatable bonds is 9. The Balaban J connectivity index is 1.47. The van der Waals surface area contributed by atoms with Gasteiger partial charge in [0.05, 0.1) is 12.3 Å². The van der Waals surface area contributed by atoms with Crippen LogP contribution < -0.4 is 4.74 Å². The molecule has 0 fully saturated rings. The van der Waals surface area contributed by atoms with E-state index in [2.05, 4.69) is 4.98 Å². The summed E-state index contributed by atoms with van der Waals surface area (Å²) in [6.45, 7) is 2.50. The molecule has 8 nitrogen and oxygen atoms in total. The van der Waals surface area contributed by atoms with Crippen molar-refractivity contribution in [3.05, 3.63) is 70.6 Å². The topological polar surface area (TPSA) is 102 Å². The monoisotopic (exact) mass is 580 g/mol. The van der Waals surface area contributed by atoms with Crippen LogP contribution in [-0.4, -0.2) is 50.6 Å². The molecule has 0 aliphatic carbocycles. The maximum atomic E-state index is 12.6. The second-order valence-electron chi connectivity index (χ2n) is 8.90. The fourth-order valence-electron chi connectivity index (χ4n) is 4.33. The minimum atomic E-state index is -1.71. The summed E-state index contributed by atoms with van der Waals surface area (Å²) in [5.41, 5.74) is 4.36. The first kappa shape index (κ1) is 28.1. The first-order chi connectivity index (χ1) is 18.1. The number of alkyl halides is 3. The van der Waals surface area contributed by atoms with Gasteiger partial charge in [-0.15, -0.1) is 0 Å². The number of hydrogen-bond donors (Lipinski definition) is 1. The van der Waals surface area contributed by atoms with Gasteiger partial charge in [-0.25, -0.2) is 9.78 Å². The predicted octanol–water partition coefficient (Wildman–Crippen LogP) is 6.15. The Hall–Kier alpha value is -2.94. The third-order valence-corrected chi connectivity index (χ3v) is 6.53. The van der Waals surface area contributed by atoms with Crippen LogP contribution in [0.1, 0.15) is 34.6 Å². The van der Waals surface area contributed by atoms with Crippen LogP contribution in [0.3, 0.4) is 0 Å². The van der Waals surface area contributed by atoms with E-state index in [1.54, 1.807) is 0 Å². The van der Waals surface area contributed by atoms with Crippen LogP contribution >= 0.6 is 34.8 Å². The second-order valence-corrected chi connectivity index (χ2v) is 11.4. The minimum Gasteiger partial charge on any atom is -0.493 e. The molecule has 2 aromatic carbocycles. The van der Waals surface area contributed by atoms with Gasteiger partial charge in [-0.05, 0) is 49.1 Å². The Morgan fingerprint density at radius 2 is 1.87 bits per heavy atom. The number of aromatic nitrogens is 1. The zero-order valence-electron chi connectivity index (χ0n) is 20.7. The number of carbonyl (C=O) groups excluding carboxylic acids is 1. The minimum absolute atomic E-state index is 0.0282. The number of aliphatic carboxylic acids is 1. The SMILES string of the molecule is Cc1oc(-c2ccccc2)nc1CCOc1ccc(CCC(=O)O)c2c1CCN(C(=O)OCC(Cl)(Cl)Cl)C2. The molecule has 4 rings (SSSR count). The van der Waals surface area contributed by atoms with Crippen LogP contribution in [0.25, 0.3) is 11.5 Å². The average Bonchev–Trinajstić information content (AvgIpc) is 3.26. The number of carboxylic acids is 1. The molecule has 202 valence electrons. The molecule has 11 heteroatoms. The zero-order chi connectivity index (χ0) is 27.3. The standard InChI is InChI=1S/C27H27Cl3N2O6/c1-17-22(31-25(38-17)19-5-3-2-4-6-19)12-14-36-23-9-7-18(8-10-24(33)34)21-15-32(13-11-20(21)23)26(35)37-16-27(28,29)30/h2-7,9H,8,10-16H2,1H3,(H,33,34). The first-order valence-corrected chi connectivity index (χ1v) is 13.2. The normalized spacial score (nSPS) is 13.2. The fourth-order valence-corrected chi connectivity index (χ4v) is 4.49. The quantitative estimate of drug-likeness (QED) is 0.302. The Labute approximate surface area is 235 Å². The summed E-state index contributed by atoms with van der Waals surface area (Å²) in [4.78, 5) is 29.9. The van der Waals surface area contributed by atoms with Crippen molar-refractivity contribution in [1.29, 1.82) is 0 Å². The highest BCUT2D eigenvalue weighted by Gasteiger charge is 2.29. The molecule has 0 atom stereocenters. The molecule has 0 saturated heterocycles. The van der Waals surface area contributed by atoms with Crippen LogP contribution in [0.15, 0.2) is 46.9 Å². The number of fused-ring (bicyclic) bond motifs is 1. The van der Waals surface area contributed by atoms with E-state index < -0.39 is 15.9 Å². The van der Waals surface area contributed by atoms with Crippen molar-refractivity contribution in [3.8, 4) is 17.2 Å². The number of carboxylic acid groups (broad SMARTS) is 1. The lowest BCUT2D eigenvalue weighted by Crippen LogP contribution is -2.38. The summed E-state index contributed by atoms with van der Waals surface area (Å²) < 4.78 is 15.4. The third-order valence-electron chi connectivity index (χ3n) is 6.20. The van der Waals surface area contributed by atoms with Gasteiger partial charge in [0, 0.05) is 37.1 Å².